The monoisotopic (exact) mass is 429 g/mol. The van der Waals surface area contributed by atoms with E-state index in [1.165, 1.54) is 18.3 Å². The number of carbonyl (C=O) groups is 2. The number of hydrogen-bond acceptors (Lipinski definition) is 5. The molecule has 1 N–H and O–H groups in total. The number of thioether (sulfide) groups is 1. The summed E-state index contributed by atoms with van der Waals surface area (Å²) in [5.41, 5.74) is 2.27. The molecule has 0 aliphatic heterocycles. The van der Waals surface area contributed by atoms with Gasteiger partial charge in [-0.1, -0.05) is 30.4 Å². The van der Waals surface area contributed by atoms with Crippen LogP contribution in [0.1, 0.15) is 24.2 Å². The van der Waals surface area contributed by atoms with Gasteiger partial charge in [-0.05, 0) is 36.1 Å². The highest BCUT2D eigenvalue weighted by Crippen LogP contribution is 2.24. The summed E-state index contributed by atoms with van der Waals surface area (Å²) in [5, 5.41) is 2.79. The minimum absolute atomic E-state index is 0.127. The lowest BCUT2D eigenvalue weighted by Crippen LogP contribution is -2.19. The molecule has 29 heavy (non-hydrogen) atoms. The van der Waals surface area contributed by atoms with Gasteiger partial charge < -0.3 is 14.6 Å². The van der Waals surface area contributed by atoms with Gasteiger partial charge in [-0.2, -0.15) is 4.99 Å². The largest absolute Gasteiger partial charge is 0.383 e. The maximum atomic E-state index is 13.0. The number of thiazole rings is 1. The van der Waals surface area contributed by atoms with Crippen LogP contribution in [0, 0.1) is 0 Å². The van der Waals surface area contributed by atoms with Gasteiger partial charge in [0, 0.05) is 31.2 Å². The quantitative estimate of drug-likeness (QED) is 0.573. The zero-order chi connectivity index (χ0) is 20.8. The molecule has 0 saturated heterocycles. The number of aromatic nitrogens is 1. The maximum absolute atomic E-state index is 13.0. The van der Waals surface area contributed by atoms with E-state index < -0.39 is 0 Å². The SMILES string of the molecule is CCSc1ccccc1C(=O)N=c1sc2cc(NC(C)=O)ccc2n1CCOC. The molecule has 0 bridgehead atoms. The molecule has 0 spiro atoms. The third kappa shape index (κ3) is 5.14. The molecule has 1 heterocycles. The number of anilines is 1. The van der Waals surface area contributed by atoms with E-state index in [4.69, 9.17) is 4.74 Å². The summed E-state index contributed by atoms with van der Waals surface area (Å²) in [6.07, 6.45) is 0. The Morgan fingerprint density at radius 1 is 1.24 bits per heavy atom. The van der Waals surface area contributed by atoms with Gasteiger partial charge in [0.05, 0.1) is 22.4 Å². The van der Waals surface area contributed by atoms with Crippen LogP contribution >= 0.6 is 23.1 Å². The van der Waals surface area contributed by atoms with Crippen LogP contribution in [0.2, 0.25) is 0 Å². The number of carbonyl (C=O) groups excluding carboxylic acids is 2. The third-order valence-corrected chi connectivity index (χ3v) is 6.13. The summed E-state index contributed by atoms with van der Waals surface area (Å²) < 4.78 is 8.15. The van der Waals surface area contributed by atoms with Crippen LogP contribution in [-0.4, -0.2) is 35.9 Å². The van der Waals surface area contributed by atoms with Gasteiger partial charge >= 0.3 is 0 Å². The molecule has 152 valence electrons. The summed E-state index contributed by atoms with van der Waals surface area (Å²) in [4.78, 5) is 30.3. The summed E-state index contributed by atoms with van der Waals surface area (Å²) >= 11 is 3.05. The Bertz CT molecular complexity index is 1100. The van der Waals surface area contributed by atoms with Crippen LogP contribution in [0.4, 0.5) is 5.69 Å². The second-order valence-corrected chi connectivity index (χ2v) is 8.55. The van der Waals surface area contributed by atoms with Gasteiger partial charge in [-0.15, -0.1) is 11.8 Å². The normalized spacial score (nSPS) is 11.8. The number of rotatable bonds is 7. The van der Waals surface area contributed by atoms with Gasteiger partial charge in [0.25, 0.3) is 5.91 Å². The van der Waals surface area contributed by atoms with E-state index in [9.17, 15) is 9.59 Å². The lowest BCUT2D eigenvalue weighted by Gasteiger charge is -2.06. The van der Waals surface area contributed by atoms with Crippen molar-refractivity contribution >= 4 is 50.8 Å². The van der Waals surface area contributed by atoms with Crippen LogP contribution in [0.15, 0.2) is 52.4 Å². The first-order valence-corrected chi connectivity index (χ1v) is 11.0. The average molecular weight is 430 g/mol. The van der Waals surface area contributed by atoms with Crippen molar-refractivity contribution in [1.82, 2.24) is 4.57 Å². The van der Waals surface area contributed by atoms with Crippen LogP contribution in [0.25, 0.3) is 10.2 Å². The van der Waals surface area contributed by atoms with E-state index >= 15 is 0 Å². The highest BCUT2D eigenvalue weighted by Gasteiger charge is 2.13. The molecule has 0 saturated carbocycles. The van der Waals surface area contributed by atoms with Gasteiger partial charge in [-0.3, -0.25) is 9.59 Å². The molecule has 0 atom stereocenters. The van der Waals surface area contributed by atoms with E-state index in [0.717, 1.165) is 20.9 Å². The Hall–Kier alpha value is -2.42. The number of benzene rings is 2. The Kier molecular flexibility index (Phi) is 7.24. The molecule has 0 unspecified atom stereocenters. The fourth-order valence-electron chi connectivity index (χ4n) is 2.91. The standard InChI is InChI=1S/C21H23N3O3S2/c1-4-28-18-8-6-5-7-16(18)20(26)23-21-24(11-12-27-3)17-10-9-15(22-14(2)25)13-19(17)29-21/h5-10,13H,4,11-12H2,1-3H3,(H,22,25). The molecular weight excluding hydrogens is 406 g/mol. The molecule has 6 nitrogen and oxygen atoms in total. The topological polar surface area (TPSA) is 72.7 Å². The predicted octanol–water partition coefficient (Wildman–Crippen LogP) is 4.16. The third-order valence-electron chi connectivity index (χ3n) is 4.14. The van der Waals surface area contributed by atoms with Crippen molar-refractivity contribution < 1.29 is 14.3 Å². The van der Waals surface area contributed by atoms with Crippen LogP contribution in [-0.2, 0) is 16.1 Å². The lowest BCUT2D eigenvalue weighted by molar-refractivity contribution is -0.114. The van der Waals surface area contributed by atoms with Crippen LogP contribution in [0.5, 0.6) is 0 Å². The fourth-order valence-corrected chi connectivity index (χ4v) is 4.80. The molecular formula is C21H23N3O3S2. The van der Waals surface area contributed by atoms with Gasteiger partial charge in [0.1, 0.15) is 0 Å². The van der Waals surface area contributed by atoms with Crippen molar-refractivity contribution in [3.05, 3.63) is 52.8 Å². The minimum Gasteiger partial charge on any atom is -0.383 e. The number of hydrogen-bond donors (Lipinski definition) is 1. The molecule has 0 aliphatic rings. The molecule has 3 aromatic rings. The molecule has 0 aliphatic carbocycles. The van der Waals surface area contributed by atoms with Crippen molar-refractivity contribution in [3.8, 4) is 0 Å². The highest BCUT2D eigenvalue weighted by molar-refractivity contribution is 7.99. The van der Waals surface area contributed by atoms with E-state index in [1.54, 1.807) is 18.9 Å². The first-order chi connectivity index (χ1) is 14.0. The maximum Gasteiger partial charge on any atom is 0.280 e. The Balaban J connectivity index is 2.09. The molecule has 8 heteroatoms. The molecule has 3 rings (SSSR count). The van der Waals surface area contributed by atoms with Crippen LogP contribution in [0.3, 0.4) is 0 Å². The second kappa shape index (κ2) is 9.87. The second-order valence-electron chi connectivity index (χ2n) is 6.24. The van der Waals surface area contributed by atoms with Gasteiger partial charge in [0.15, 0.2) is 4.80 Å². The summed E-state index contributed by atoms with van der Waals surface area (Å²) in [5.74, 6) is 0.493. The van der Waals surface area contributed by atoms with Crippen molar-refractivity contribution in [3.63, 3.8) is 0 Å². The molecule has 1 aromatic heterocycles. The molecule has 2 amide bonds. The zero-order valence-corrected chi connectivity index (χ0v) is 18.2. The van der Waals surface area contributed by atoms with Gasteiger partial charge in [0.2, 0.25) is 5.91 Å². The van der Waals surface area contributed by atoms with Crippen molar-refractivity contribution in [2.24, 2.45) is 4.99 Å². The summed E-state index contributed by atoms with van der Waals surface area (Å²) in [7, 11) is 1.64. The van der Waals surface area contributed by atoms with Crippen molar-refractivity contribution in [2.45, 2.75) is 25.3 Å². The van der Waals surface area contributed by atoms with E-state index in [2.05, 4.69) is 17.2 Å². The molecule has 2 aromatic carbocycles. The van der Waals surface area contributed by atoms with Crippen molar-refractivity contribution in [2.75, 3.05) is 24.8 Å². The highest BCUT2D eigenvalue weighted by atomic mass is 32.2. The molecule has 0 fully saturated rings. The fraction of sp³-hybridized carbons (Fsp3) is 0.286. The zero-order valence-electron chi connectivity index (χ0n) is 16.6. The Labute approximate surface area is 177 Å². The Morgan fingerprint density at radius 2 is 2.03 bits per heavy atom. The minimum atomic E-state index is -0.263. The average Bonchev–Trinajstić information content (AvgIpc) is 3.02. The number of methoxy groups -OCH3 is 1. The number of fused-ring (bicyclic) bond motifs is 1. The smallest absolute Gasteiger partial charge is 0.280 e. The first-order valence-electron chi connectivity index (χ1n) is 9.24. The number of nitrogens with zero attached hydrogens (tertiary/aromatic N) is 2. The van der Waals surface area contributed by atoms with E-state index in [1.807, 2.05) is 47.0 Å². The summed E-state index contributed by atoms with van der Waals surface area (Å²) in [6.45, 7) is 4.61. The number of nitrogens with one attached hydrogen (secondary N) is 1. The number of amides is 2. The first kappa shape index (κ1) is 21.3. The molecule has 0 radical (unpaired) electrons. The predicted molar refractivity (Wildman–Crippen MR) is 119 cm³/mol. The van der Waals surface area contributed by atoms with E-state index in [-0.39, 0.29) is 11.8 Å². The van der Waals surface area contributed by atoms with Crippen molar-refractivity contribution in [1.29, 1.82) is 0 Å². The number of ether oxygens (including phenoxy) is 1. The van der Waals surface area contributed by atoms with Crippen LogP contribution < -0.4 is 10.1 Å². The van der Waals surface area contributed by atoms with E-state index in [0.29, 0.717) is 29.2 Å². The Morgan fingerprint density at radius 3 is 2.76 bits per heavy atom. The lowest BCUT2D eigenvalue weighted by atomic mass is 10.2. The summed E-state index contributed by atoms with van der Waals surface area (Å²) in [6, 6.07) is 13.2. The van der Waals surface area contributed by atoms with Gasteiger partial charge in [-0.25, -0.2) is 0 Å².